The quantitative estimate of drug-likeness (QED) is 0.157. The molecule has 206 valence electrons. The molecule has 0 aliphatic carbocycles. The molecule has 0 aromatic heterocycles. The van der Waals surface area contributed by atoms with E-state index in [1.807, 2.05) is 97.1 Å². The van der Waals surface area contributed by atoms with Crippen LogP contribution in [-0.2, 0) is 48.3 Å². The van der Waals surface area contributed by atoms with E-state index < -0.39 is 18.2 Å². The van der Waals surface area contributed by atoms with Crippen molar-refractivity contribution < 1.29 is 28.5 Å². The molecular formula is C33H33NO6. The molecule has 2 atom stereocenters. The molecule has 40 heavy (non-hydrogen) atoms. The molecule has 0 bridgehead atoms. The summed E-state index contributed by atoms with van der Waals surface area (Å²) < 4.78 is 30.0. The maximum atomic E-state index is 12.6. The van der Waals surface area contributed by atoms with Crippen LogP contribution < -0.4 is 0 Å². The zero-order valence-corrected chi connectivity index (χ0v) is 22.5. The third-order valence-electron chi connectivity index (χ3n) is 6.23. The molecule has 3 aromatic rings. The van der Waals surface area contributed by atoms with Crippen LogP contribution in [0.15, 0.2) is 114 Å². The Kier molecular flexibility index (Phi) is 11.1. The lowest BCUT2D eigenvalue weighted by Crippen LogP contribution is -2.41. The highest BCUT2D eigenvalue weighted by Crippen LogP contribution is 2.29. The second kappa shape index (κ2) is 15.4. The Hall–Kier alpha value is -4.22. The highest BCUT2D eigenvalue weighted by molar-refractivity contribution is 5.93. The molecule has 7 nitrogen and oxygen atoms in total. The van der Waals surface area contributed by atoms with Crippen LogP contribution in [-0.4, -0.2) is 38.0 Å². The van der Waals surface area contributed by atoms with Gasteiger partial charge in [0.1, 0.15) is 42.8 Å². The summed E-state index contributed by atoms with van der Waals surface area (Å²) >= 11 is 0. The van der Waals surface area contributed by atoms with Crippen LogP contribution in [0.2, 0.25) is 0 Å². The zero-order chi connectivity index (χ0) is 28.0. The summed E-state index contributed by atoms with van der Waals surface area (Å²) in [6, 6.07) is 31.4. The number of nitrogens with zero attached hydrogens (tertiary/aromatic N) is 1. The largest absolute Gasteiger partial charge is 0.492 e. The SMILES string of the molecule is CCOC(=O)/C(C#N)=C/C1=C(COCc2ccccc2)OC[C@@H](OCc2ccccc2)[C@H]1OCc1ccccc1. The van der Waals surface area contributed by atoms with Gasteiger partial charge in [-0.15, -0.1) is 0 Å². The van der Waals surface area contributed by atoms with Gasteiger partial charge >= 0.3 is 5.97 Å². The van der Waals surface area contributed by atoms with Crippen molar-refractivity contribution in [1.82, 2.24) is 0 Å². The Morgan fingerprint density at radius 3 is 1.95 bits per heavy atom. The summed E-state index contributed by atoms with van der Waals surface area (Å²) in [5, 5.41) is 9.79. The van der Waals surface area contributed by atoms with Crippen molar-refractivity contribution in [2.75, 3.05) is 19.8 Å². The maximum Gasteiger partial charge on any atom is 0.348 e. The summed E-state index contributed by atoms with van der Waals surface area (Å²) in [5.41, 5.74) is 3.36. The standard InChI is InChI=1S/C33H33NO6/c1-2-37-33(35)28(19-34)18-29-30(23-36-20-25-12-6-3-7-13-25)39-24-31(38-21-26-14-8-4-9-15-26)32(29)40-22-27-16-10-5-11-17-27/h3-18,31-32H,2,20-24H2,1H3/b28-18+/t31-,32+/m1/s1. The van der Waals surface area contributed by atoms with Crippen LogP contribution in [0.5, 0.6) is 0 Å². The molecule has 0 spiro atoms. The molecule has 4 rings (SSSR count). The Balaban J connectivity index is 1.64. The molecule has 1 aliphatic rings. The van der Waals surface area contributed by atoms with Crippen molar-refractivity contribution in [3.8, 4) is 6.07 Å². The Labute approximate surface area is 235 Å². The molecular weight excluding hydrogens is 506 g/mol. The van der Waals surface area contributed by atoms with Crippen molar-refractivity contribution in [2.24, 2.45) is 0 Å². The van der Waals surface area contributed by atoms with E-state index in [4.69, 9.17) is 23.7 Å². The third kappa shape index (κ3) is 8.39. The fourth-order valence-corrected chi connectivity index (χ4v) is 4.21. The van der Waals surface area contributed by atoms with E-state index in [1.165, 1.54) is 6.08 Å². The lowest BCUT2D eigenvalue weighted by atomic mass is 9.97. The summed E-state index contributed by atoms with van der Waals surface area (Å²) in [5.74, 6) is -0.234. The number of rotatable bonds is 13. The molecule has 0 radical (unpaired) electrons. The highest BCUT2D eigenvalue weighted by Gasteiger charge is 2.35. The molecule has 0 N–H and O–H groups in total. The minimum atomic E-state index is -0.712. The fourth-order valence-electron chi connectivity index (χ4n) is 4.21. The number of hydrogen-bond acceptors (Lipinski definition) is 7. The molecule has 0 saturated carbocycles. The summed E-state index contributed by atoms with van der Waals surface area (Å²) in [7, 11) is 0. The highest BCUT2D eigenvalue weighted by atomic mass is 16.6. The van der Waals surface area contributed by atoms with E-state index in [2.05, 4.69) is 0 Å². The number of hydrogen-bond donors (Lipinski definition) is 0. The second-order valence-corrected chi connectivity index (χ2v) is 9.11. The van der Waals surface area contributed by atoms with Gasteiger partial charge < -0.3 is 23.7 Å². The minimum Gasteiger partial charge on any atom is -0.492 e. The first-order valence-corrected chi connectivity index (χ1v) is 13.3. The van der Waals surface area contributed by atoms with Gasteiger partial charge in [-0.1, -0.05) is 91.0 Å². The number of benzene rings is 3. The first-order valence-electron chi connectivity index (χ1n) is 13.3. The second-order valence-electron chi connectivity index (χ2n) is 9.11. The van der Waals surface area contributed by atoms with Gasteiger partial charge in [0.2, 0.25) is 0 Å². The van der Waals surface area contributed by atoms with Gasteiger partial charge in [-0.05, 0) is 29.7 Å². The van der Waals surface area contributed by atoms with Gasteiger partial charge in [0, 0.05) is 5.57 Å². The zero-order valence-electron chi connectivity index (χ0n) is 22.5. The predicted molar refractivity (Wildman–Crippen MR) is 149 cm³/mol. The average Bonchev–Trinajstić information content (AvgIpc) is 3.00. The van der Waals surface area contributed by atoms with Gasteiger partial charge in [-0.25, -0.2) is 4.79 Å². The van der Waals surface area contributed by atoms with Crippen LogP contribution >= 0.6 is 0 Å². The monoisotopic (exact) mass is 539 g/mol. The van der Waals surface area contributed by atoms with Crippen LogP contribution in [0, 0.1) is 11.3 Å². The number of carbonyl (C=O) groups is 1. The summed E-state index contributed by atoms with van der Waals surface area (Å²) in [6.45, 7) is 3.20. The fraction of sp³-hybridized carbons (Fsp3) is 0.273. The topological polar surface area (TPSA) is 87.0 Å². The molecule has 1 heterocycles. The number of ether oxygens (including phenoxy) is 5. The third-order valence-corrected chi connectivity index (χ3v) is 6.23. The number of carbonyl (C=O) groups excluding carboxylic acids is 1. The predicted octanol–water partition coefficient (Wildman–Crippen LogP) is 5.67. The molecule has 7 heteroatoms. The van der Waals surface area contributed by atoms with Crippen LogP contribution in [0.1, 0.15) is 23.6 Å². The lowest BCUT2D eigenvalue weighted by molar-refractivity contribution is -0.138. The van der Waals surface area contributed by atoms with Crippen molar-refractivity contribution in [3.05, 3.63) is 131 Å². The maximum absolute atomic E-state index is 12.6. The Morgan fingerprint density at radius 1 is 0.850 bits per heavy atom. The van der Waals surface area contributed by atoms with Gasteiger partial charge in [-0.3, -0.25) is 0 Å². The molecule has 0 fully saturated rings. The summed E-state index contributed by atoms with van der Waals surface area (Å²) in [4.78, 5) is 12.6. The van der Waals surface area contributed by atoms with E-state index in [1.54, 1.807) is 6.92 Å². The van der Waals surface area contributed by atoms with E-state index in [9.17, 15) is 10.1 Å². The molecule has 0 unspecified atom stereocenters. The van der Waals surface area contributed by atoms with Gasteiger partial charge in [0.15, 0.2) is 0 Å². The van der Waals surface area contributed by atoms with Crippen LogP contribution in [0.3, 0.4) is 0 Å². The lowest BCUT2D eigenvalue weighted by Gasteiger charge is -2.34. The van der Waals surface area contributed by atoms with Crippen LogP contribution in [0.25, 0.3) is 0 Å². The number of esters is 1. The normalized spacial score (nSPS) is 17.1. The molecule has 0 amide bonds. The van der Waals surface area contributed by atoms with Crippen molar-refractivity contribution in [3.63, 3.8) is 0 Å². The van der Waals surface area contributed by atoms with Crippen molar-refractivity contribution in [1.29, 1.82) is 5.26 Å². The molecule has 0 saturated heterocycles. The smallest absolute Gasteiger partial charge is 0.348 e. The average molecular weight is 540 g/mol. The van der Waals surface area contributed by atoms with E-state index >= 15 is 0 Å². The first-order chi connectivity index (χ1) is 19.7. The molecule has 3 aromatic carbocycles. The first kappa shape index (κ1) is 28.8. The minimum absolute atomic E-state index is 0.124. The Bertz CT molecular complexity index is 1320. The number of nitriles is 1. The van der Waals surface area contributed by atoms with Gasteiger partial charge in [0.05, 0.1) is 26.4 Å². The van der Waals surface area contributed by atoms with E-state index in [0.717, 1.165) is 16.7 Å². The van der Waals surface area contributed by atoms with Gasteiger partial charge in [-0.2, -0.15) is 5.26 Å². The van der Waals surface area contributed by atoms with E-state index in [-0.39, 0.29) is 25.4 Å². The Morgan fingerprint density at radius 2 is 1.40 bits per heavy atom. The summed E-state index contributed by atoms with van der Waals surface area (Å²) in [6.07, 6.45) is 0.341. The van der Waals surface area contributed by atoms with Gasteiger partial charge in [0.25, 0.3) is 0 Å². The van der Waals surface area contributed by atoms with Crippen LogP contribution in [0.4, 0.5) is 0 Å². The van der Waals surface area contributed by atoms with E-state index in [0.29, 0.717) is 31.2 Å². The molecule has 1 aliphatic heterocycles. The van der Waals surface area contributed by atoms with Crippen molar-refractivity contribution in [2.45, 2.75) is 39.0 Å². The van der Waals surface area contributed by atoms with Crippen molar-refractivity contribution >= 4 is 5.97 Å².